The maximum absolute atomic E-state index is 3.41. The number of aryl methyl sites for hydroxylation is 1. The van der Waals surface area contributed by atoms with E-state index in [-0.39, 0.29) is 0 Å². The lowest BCUT2D eigenvalue weighted by atomic mass is 10.1. The second-order valence-electron chi connectivity index (χ2n) is 3.40. The van der Waals surface area contributed by atoms with Gasteiger partial charge in [-0.1, -0.05) is 31.2 Å². The van der Waals surface area contributed by atoms with E-state index in [9.17, 15) is 0 Å². The molecule has 0 spiro atoms. The van der Waals surface area contributed by atoms with Gasteiger partial charge in [0.1, 0.15) is 0 Å². The fourth-order valence-corrected chi connectivity index (χ4v) is 1.51. The largest absolute Gasteiger partial charge is 0.318 e. The van der Waals surface area contributed by atoms with Crippen molar-refractivity contribution >= 4 is 0 Å². The van der Waals surface area contributed by atoms with Crippen molar-refractivity contribution in [1.29, 1.82) is 0 Å². The van der Waals surface area contributed by atoms with Crippen molar-refractivity contribution in [2.75, 3.05) is 20.1 Å². The number of hydrogen-bond donors (Lipinski definition) is 2. The van der Waals surface area contributed by atoms with E-state index in [1.165, 1.54) is 11.1 Å². The average molecular weight is 192 g/mol. The average Bonchev–Trinajstić information content (AvgIpc) is 2.25. The number of likely N-dealkylation sites (N-methyl/N-ethyl adjacent to an activating group) is 1. The smallest absolute Gasteiger partial charge is 0.0208 e. The summed E-state index contributed by atoms with van der Waals surface area (Å²) >= 11 is 0. The Morgan fingerprint density at radius 2 is 1.79 bits per heavy atom. The van der Waals surface area contributed by atoms with Crippen molar-refractivity contribution in [2.24, 2.45) is 0 Å². The number of nitrogens with one attached hydrogen (secondary N) is 2. The molecular formula is C12H20N2. The molecule has 0 bridgehead atoms. The van der Waals surface area contributed by atoms with E-state index >= 15 is 0 Å². The van der Waals surface area contributed by atoms with Crippen LogP contribution in [0.4, 0.5) is 0 Å². The van der Waals surface area contributed by atoms with Gasteiger partial charge < -0.3 is 10.6 Å². The summed E-state index contributed by atoms with van der Waals surface area (Å²) in [6, 6.07) is 8.62. The summed E-state index contributed by atoms with van der Waals surface area (Å²) in [7, 11) is 1.97. The van der Waals surface area contributed by atoms with Gasteiger partial charge in [0.25, 0.3) is 0 Å². The van der Waals surface area contributed by atoms with Gasteiger partial charge in [-0.3, -0.25) is 0 Å². The van der Waals surface area contributed by atoms with Gasteiger partial charge in [-0.2, -0.15) is 0 Å². The Morgan fingerprint density at radius 1 is 1.07 bits per heavy atom. The molecule has 78 valence electrons. The quantitative estimate of drug-likeness (QED) is 0.668. The lowest BCUT2D eigenvalue weighted by molar-refractivity contribution is 0.648. The third-order valence-corrected chi connectivity index (χ3v) is 2.37. The molecule has 2 heteroatoms. The molecule has 1 aromatic carbocycles. The first-order valence-corrected chi connectivity index (χ1v) is 5.30. The molecular weight excluding hydrogens is 172 g/mol. The molecule has 0 saturated heterocycles. The number of hydrogen-bond acceptors (Lipinski definition) is 2. The van der Waals surface area contributed by atoms with E-state index in [2.05, 4.69) is 41.8 Å². The molecule has 0 unspecified atom stereocenters. The third kappa shape index (κ3) is 3.48. The van der Waals surface area contributed by atoms with Crippen molar-refractivity contribution < 1.29 is 0 Å². The molecule has 1 rings (SSSR count). The van der Waals surface area contributed by atoms with Gasteiger partial charge in [-0.15, -0.1) is 0 Å². The Bertz CT molecular complexity index is 258. The Kier molecular flexibility index (Phi) is 5.27. The first kappa shape index (κ1) is 11.2. The van der Waals surface area contributed by atoms with Crippen molar-refractivity contribution in [3.05, 3.63) is 35.4 Å². The van der Waals surface area contributed by atoms with E-state index in [1.54, 1.807) is 0 Å². The van der Waals surface area contributed by atoms with Crippen LogP contribution >= 0.6 is 0 Å². The first-order valence-electron chi connectivity index (χ1n) is 5.30. The summed E-state index contributed by atoms with van der Waals surface area (Å²) < 4.78 is 0. The minimum absolute atomic E-state index is 0.978. The zero-order valence-corrected chi connectivity index (χ0v) is 9.14. The molecule has 0 aromatic heterocycles. The molecule has 14 heavy (non-hydrogen) atoms. The van der Waals surface area contributed by atoms with Gasteiger partial charge in [0.15, 0.2) is 0 Å². The molecule has 0 saturated carbocycles. The van der Waals surface area contributed by atoms with Gasteiger partial charge in [0, 0.05) is 19.6 Å². The summed E-state index contributed by atoms with van der Waals surface area (Å²) in [6.45, 7) is 5.22. The van der Waals surface area contributed by atoms with Crippen LogP contribution < -0.4 is 10.6 Å². The molecule has 0 heterocycles. The van der Waals surface area contributed by atoms with Gasteiger partial charge in [-0.05, 0) is 24.6 Å². The summed E-state index contributed by atoms with van der Waals surface area (Å²) in [5, 5.41) is 6.53. The van der Waals surface area contributed by atoms with Crippen LogP contribution in [0.3, 0.4) is 0 Å². The minimum atomic E-state index is 0.978. The molecule has 0 aliphatic heterocycles. The lowest BCUT2D eigenvalue weighted by Crippen LogP contribution is -2.24. The van der Waals surface area contributed by atoms with Crippen molar-refractivity contribution in [3.63, 3.8) is 0 Å². The topological polar surface area (TPSA) is 24.1 Å². The summed E-state index contributed by atoms with van der Waals surface area (Å²) in [5.74, 6) is 0. The SMILES string of the molecule is CCc1ccccc1CNCCNC. The minimum Gasteiger partial charge on any atom is -0.318 e. The lowest BCUT2D eigenvalue weighted by Gasteiger charge is -2.08. The van der Waals surface area contributed by atoms with Crippen LogP contribution in [0.2, 0.25) is 0 Å². The predicted octanol–water partition coefficient (Wildman–Crippen LogP) is 1.56. The Labute approximate surface area is 86.7 Å². The van der Waals surface area contributed by atoms with Crippen LogP contribution in [-0.4, -0.2) is 20.1 Å². The molecule has 0 radical (unpaired) electrons. The summed E-state index contributed by atoms with van der Waals surface area (Å²) in [5.41, 5.74) is 2.87. The van der Waals surface area contributed by atoms with Gasteiger partial charge in [0.2, 0.25) is 0 Å². The molecule has 1 aromatic rings. The zero-order valence-electron chi connectivity index (χ0n) is 9.14. The second kappa shape index (κ2) is 6.57. The molecule has 0 aliphatic carbocycles. The molecule has 2 N–H and O–H groups in total. The van der Waals surface area contributed by atoms with Crippen molar-refractivity contribution in [2.45, 2.75) is 19.9 Å². The maximum atomic E-state index is 3.41. The second-order valence-corrected chi connectivity index (χ2v) is 3.40. The van der Waals surface area contributed by atoms with E-state index in [1.807, 2.05) is 7.05 Å². The molecule has 0 atom stereocenters. The van der Waals surface area contributed by atoms with Crippen molar-refractivity contribution in [3.8, 4) is 0 Å². The van der Waals surface area contributed by atoms with Gasteiger partial charge in [0.05, 0.1) is 0 Å². The van der Waals surface area contributed by atoms with Crippen LogP contribution in [-0.2, 0) is 13.0 Å². The van der Waals surface area contributed by atoms with E-state index in [0.717, 1.165) is 26.1 Å². The molecule has 0 fully saturated rings. The highest BCUT2D eigenvalue weighted by molar-refractivity contribution is 5.26. The van der Waals surface area contributed by atoms with E-state index < -0.39 is 0 Å². The highest BCUT2D eigenvalue weighted by atomic mass is 14.9. The van der Waals surface area contributed by atoms with Crippen LogP contribution in [0.25, 0.3) is 0 Å². The fourth-order valence-electron chi connectivity index (χ4n) is 1.51. The highest BCUT2D eigenvalue weighted by Crippen LogP contribution is 2.08. The summed E-state index contributed by atoms with van der Waals surface area (Å²) in [4.78, 5) is 0. The third-order valence-electron chi connectivity index (χ3n) is 2.37. The Morgan fingerprint density at radius 3 is 2.43 bits per heavy atom. The maximum Gasteiger partial charge on any atom is 0.0208 e. The monoisotopic (exact) mass is 192 g/mol. The van der Waals surface area contributed by atoms with Gasteiger partial charge in [-0.25, -0.2) is 0 Å². The normalized spacial score (nSPS) is 10.4. The first-order chi connectivity index (χ1) is 6.88. The standard InChI is InChI=1S/C12H20N2/c1-3-11-6-4-5-7-12(11)10-14-9-8-13-2/h4-7,13-14H,3,8-10H2,1-2H3. The van der Waals surface area contributed by atoms with Crippen LogP contribution in [0.5, 0.6) is 0 Å². The van der Waals surface area contributed by atoms with Gasteiger partial charge >= 0.3 is 0 Å². The number of benzene rings is 1. The highest BCUT2D eigenvalue weighted by Gasteiger charge is 1.97. The Hall–Kier alpha value is -0.860. The van der Waals surface area contributed by atoms with Crippen LogP contribution in [0.1, 0.15) is 18.1 Å². The van der Waals surface area contributed by atoms with Crippen molar-refractivity contribution in [1.82, 2.24) is 10.6 Å². The van der Waals surface area contributed by atoms with Crippen LogP contribution in [0, 0.1) is 0 Å². The van der Waals surface area contributed by atoms with E-state index in [4.69, 9.17) is 0 Å². The van der Waals surface area contributed by atoms with E-state index in [0.29, 0.717) is 0 Å². The van der Waals surface area contributed by atoms with Crippen LogP contribution in [0.15, 0.2) is 24.3 Å². The fraction of sp³-hybridized carbons (Fsp3) is 0.500. The molecule has 0 aliphatic rings. The summed E-state index contributed by atoms with van der Waals surface area (Å²) in [6.07, 6.45) is 1.11. The predicted molar refractivity (Wildman–Crippen MR) is 61.5 cm³/mol. The molecule has 0 amide bonds. The number of rotatable bonds is 6. The molecule has 2 nitrogen and oxygen atoms in total. The Balaban J connectivity index is 2.41. The zero-order chi connectivity index (χ0) is 10.2.